The highest BCUT2D eigenvalue weighted by Gasteiger charge is 2.57. The van der Waals surface area contributed by atoms with Crippen LogP contribution in [0.25, 0.3) is 10.8 Å². The quantitative estimate of drug-likeness (QED) is 0.465. The van der Waals surface area contributed by atoms with Crippen LogP contribution in [0.1, 0.15) is 38.2 Å². The molecule has 1 spiro atoms. The molecule has 6 heteroatoms. The lowest BCUT2D eigenvalue weighted by atomic mass is 9.85. The van der Waals surface area contributed by atoms with Crippen molar-refractivity contribution in [2.24, 2.45) is 0 Å². The van der Waals surface area contributed by atoms with Gasteiger partial charge in [-0.3, -0.25) is 9.69 Å². The van der Waals surface area contributed by atoms with Crippen LogP contribution in [-0.2, 0) is 11.3 Å². The van der Waals surface area contributed by atoms with E-state index in [1.807, 2.05) is 54.3 Å². The highest BCUT2D eigenvalue weighted by molar-refractivity contribution is 6.23. The van der Waals surface area contributed by atoms with Crippen LogP contribution in [0.15, 0.2) is 66.7 Å². The number of carbonyl (C=O) groups is 2. The first-order valence-electron chi connectivity index (χ1n) is 13.3. The van der Waals surface area contributed by atoms with Gasteiger partial charge >= 0.3 is 6.03 Å². The lowest BCUT2D eigenvalue weighted by Gasteiger charge is -2.41. The van der Waals surface area contributed by atoms with Crippen molar-refractivity contribution in [2.45, 2.75) is 44.7 Å². The first-order valence-corrected chi connectivity index (χ1v) is 13.3. The summed E-state index contributed by atoms with van der Waals surface area (Å²) >= 11 is 0. The summed E-state index contributed by atoms with van der Waals surface area (Å²) in [6.07, 6.45) is 3.90. The molecule has 3 aliphatic heterocycles. The van der Waals surface area contributed by atoms with Gasteiger partial charge in [0.15, 0.2) is 0 Å². The lowest BCUT2D eigenvalue weighted by Crippen LogP contribution is -2.56. The number of amides is 3. The number of likely N-dealkylation sites (tertiary alicyclic amines) is 1. The molecule has 0 atom stereocenters. The zero-order valence-corrected chi connectivity index (χ0v) is 21.0. The van der Waals surface area contributed by atoms with Crippen molar-refractivity contribution in [1.82, 2.24) is 9.80 Å². The maximum Gasteiger partial charge on any atom is 0.332 e. The Hall–Kier alpha value is -3.38. The number of carbonyl (C=O) groups excluding carboxylic acids is 2. The molecule has 3 aromatic rings. The molecular weight excluding hydrogens is 448 g/mol. The van der Waals surface area contributed by atoms with E-state index >= 15 is 0 Å². The molecule has 3 aliphatic rings. The third-order valence-electron chi connectivity index (χ3n) is 8.34. The van der Waals surface area contributed by atoms with E-state index in [4.69, 9.17) is 0 Å². The number of rotatable bonds is 5. The molecule has 0 aromatic heterocycles. The zero-order valence-electron chi connectivity index (χ0n) is 21.0. The second-order valence-corrected chi connectivity index (χ2v) is 10.4. The van der Waals surface area contributed by atoms with Crippen LogP contribution in [-0.4, -0.2) is 60.0 Å². The third kappa shape index (κ3) is 3.84. The van der Waals surface area contributed by atoms with Crippen molar-refractivity contribution in [3.63, 3.8) is 0 Å². The fourth-order valence-electron chi connectivity index (χ4n) is 6.31. The van der Waals surface area contributed by atoms with Crippen LogP contribution in [0, 0.1) is 0 Å². The second-order valence-electron chi connectivity index (χ2n) is 10.4. The molecule has 0 bridgehead atoms. The summed E-state index contributed by atoms with van der Waals surface area (Å²) in [6.45, 7) is 7.30. The molecule has 36 heavy (non-hydrogen) atoms. The largest absolute Gasteiger partial charge is 0.372 e. The van der Waals surface area contributed by atoms with E-state index < -0.39 is 5.54 Å². The van der Waals surface area contributed by atoms with Gasteiger partial charge in [0, 0.05) is 45.0 Å². The molecule has 0 aliphatic carbocycles. The molecule has 186 valence electrons. The fourth-order valence-corrected chi connectivity index (χ4v) is 6.31. The summed E-state index contributed by atoms with van der Waals surface area (Å²) < 4.78 is 0. The first-order chi connectivity index (χ1) is 17.6. The minimum absolute atomic E-state index is 0.0701. The molecule has 0 saturated carbocycles. The van der Waals surface area contributed by atoms with Gasteiger partial charge in [0.2, 0.25) is 0 Å². The number of hydrogen-bond acceptors (Lipinski definition) is 4. The fraction of sp³-hybridized carbons (Fsp3) is 0.400. The molecule has 3 saturated heterocycles. The summed E-state index contributed by atoms with van der Waals surface area (Å²) in [6, 6.07) is 22.7. The number of benzene rings is 3. The number of nitrogens with zero attached hydrogens (tertiary/aromatic N) is 4. The predicted molar refractivity (Wildman–Crippen MR) is 144 cm³/mol. The summed E-state index contributed by atoms with van der Waals surface area (Å²) in [7, 11) is 0. The van der Waals surface area contributed by atoms with Crippen molar-refractivity contribution in [1.29, 1.82) is 0 Å². The van der Waals surface area contributed by atoms with Crippen LogP contribution >= 0.6 is 0 Å². The van der Waals surface area contributed by atoms with Crippen molar-refractivity contribution >= 4 is 34.1 Å². The number of likely N-dealkylation sites (N-methyl/N-ethyl adjacent to an activating group) is 1. The number of anilines is 2. The smallest absolute Gasteiger partial charge is 0.332 e. The molecule has 6 nitrogen and oxygen atoms in total. The van der Waals surface area contributed by atoms with E-state index in [1.54, 1.807) is 0 Å². The molecule has 3 aromatic carbocycles. The number of hydrogen-bond donors (Lipinski definition) is 0. The lowest BCUT2D eigenvalue weighted by molar-refractivity contribution is -0.127. The van der Waals surface area contributed by atoms with Crippen LogP contribution in [0.5, 0.6) is 0 Å². The van der Waals surface area contributed by atoms with Gasteiger partial charge in [-0.1, -0.05) is 42.5 Å². The average molecular weight is 483 g/mol. The second kappa shape index (κ2) is 9.25. The van der Waals surface area contributed by atoms with Crippen LogP contribution in [0.3, 0.4) is 0 Å². The molecular formula is C30H34N4O2. The Morgan fingerprint density at radius 1 is 0.778 bits per heavy atom. The van der Waals surface area contributed by atoms with Crippen molar-refractivity contribution in [3.8, 4) is 0 Å². The van der Waals surface area contributed by atoms with Crippen LogP contribution < -0.4 is 9.80 Å². The Morgan fingerprint density at radius 2 is 1.44 bits per heavy atom. The molecule has 0 radical (unpaired) electrons. The Labute approximate surface area is 213 Å². The topological polar surface area (TPSA) is 47.1 Å². The Bertz CT molecular complexity index is 1270. The van der Waals surface area contributed by atoms with E-state index in [0.29, 0.717) is 25.1 Å². The molecule has 6 rings (SSSR count). The molecule has 0 unspecified atom stereocenters. The summed E-state index contributed by atoms with van der Waals surface area (Å²) in [5, 5.41) is 2.13. The SMILES string of the molecule is CCN1C(=O)N(c2ccc3ccccc3c2)C(=O)C12CCN(Cc1ccc(N3CCCC3)cc1)CC2. The first kappa shape index (κ1) is 23.0. The summed E-state index contributed by atoms with van der Waals surface area (Å²) in [4.78, 5) is 35.5. The van der Waals surface area contributed by atoms with Gasteiger partial charge in [0.25, 0.3) is 5.91 Å². The van der Waals surface area contributed by atoms with Gasteiger partial charge < -0.3 is 9.80 Å². The maximum absolute atomic E-state index is 13.9. The molecule has 0 N–H and O–H groups in total. The van der Waals surface area contributed by atoms with Gasteiger partial charge in [-0.25, -0.2) is 9.69 Å². The third-order valence-corrected chi connectivity index (χ3v) is 8.34. The minimum Gasteiger partial charge on any atom is -0.372 e. The minimum atomic E-state index is -0.742. The summed E-state index contributed by atoms with van der Waals surface area (Å²) in [5.74, 6) is -0.0701. The van der Waals surface area contributed by atoms with Crippen molar-refractivity contribution in [2.75, 3.05) is 42.5 Å². The van der Waals surface area contributed by atoms with E-state index in [2.05, 4.69) is 34.1 Å². The summed E-state index contributed by atoms with van der Waals surface area (Å²) in [5.41, 5.74) is 2.54. The molecule has 3 amide bonds. The van der Waals surface area contributed by atoms with Gasteiger partial charge in [0.1, 0.15) is 5.54 Å². The van der Waals surface area contributed by atoms with Gasteiger partial charge in [-0.15, -0.1) is 0 Å². The zero-order chi connectivity index (χ0) is 24.7. The van der Waals surface area contributed by atoms with Crippen molar-refractivity contribution in [3.05, 3.63) is 72.3 Å². The monoisotopic (exact) mass is 482 g/mol. The maximum atomic E-state index is 13.9. The highest BCUT2D eigenvalue weighted by atomic mass is 16.2. The average Bonchev–Trinajstić information content (AvgIpc) is 3.51. The normalized spacial score (nSPS) is 20.3. The molecule has 3 fully saturated rings. The molecule has 3 heterocycles. The van der Waals surface area contributed by atoms with E-state index in [1.165, 1.54) is 29.0 Å². The number of piperidine rings is 1. The van der Waals surface area contributed by atoms with Crippen molar-refractivity contribution < 1.29 is 9.59 Å². The van der Waals surface area contributed by atoms with Gasteiger partial charge in [-0.05, 0) is 73.2 Å². The van der Waals surface area contributed by atoms with E-state index in [0.717, 1.165) is 43.5 Å². The van der Waals surface area contributed by atoms with Crippen LogP contribution in [0.4, 0.5) is 16.2 Å². The number of imide groups is 1. The standard InChI is InChI=1S/C30H34N4O2/c1-2-33-29(36)34(27-14-11-24-7-3-4-8-25(24)21-27)28(35)30(33)15-19-31(20-16-30)22-23-9-12-26(13-10-23)32-17-5-6-18-32/h3-4,7-14,21H,2,5-6,15-20,22H2,1H3. The Morgan fingerprint density at radius 3 is 2.14 bits per heavy atom. The van der Waals surface area contributed by atoms with E-state index in [9.17, 15) is 9.59 Å². The van der Waals surface area contributed by atoms with E-state index in [-0.39, 0.29) is 11.9 Å². The Balaban J connectivity index is 1.17. The van der Waals surface area contributed by atoms with Gasteiger partial charge in [-0.2, -0.15) is 0 Å². The number of urea groups is 1. The Kier molecular flexibility index (Phi) is 5.92. The predicted octanol–water partition coefficient (Wildman–Crippen LogP) is 5.26. The van der Waals surface area contributed by atoms with Gasteiger partial charge in [0.05, 0.1) is 5.69 Å². The number of fused-ring (bicyclic) bond motifs is 1. The van der Waals surface area contributed by atoms with Crippen LogP contribution in [0.2, 0.25) is 0 Å². The highest BCUT2D eigenvalue weighted by Crippen LogP contribution is 2.40.